The summed E-state index contributed by atoms with van der Waals surface area (Å²) in [4.78, 5) is 9.87. The zero-order valence-corrected chi connectivity index (χ0v) is 14.1. The number of ether oxygens (including phenoxy) is 1. The van der Waals surface area contributed by atoms with Crippen LogP contribution in [0, 0.1) is 13.8 Å². The summed E-state index contributed by atoms with van der Waals surface area (Å²) in [5, 5.41) is 6.70. The Morgan fingerprint density at radius 3 is 2.73 bits per heavy atom. The van der Waals surface area contributed by atoms with E-state index < -0.39 is 0 Å². The molecule has 0 aliphatic heterocycles. The fourth-order valence-electron chi connectivity index (χ4n) is 2.13. The lowest BCUT2D eigenvalue weighted by atomic mass is 10.2. The number of rotatable bonds is 4. The molecule has 114 valence electrons. The van der Waals surface area contributed by atoms with Crippen LogP contribution in [0.4, 0.5) is 16.0 Å². The Kier molecular flexibility index (Phi) is 4.00. The number of hydrogen-bond acceptors (Lipinski definition) is 7. The molecule has 0 fully saturated rings. The molecule has 1 aromatic carbocycles. The van der Waals surface area contributed by atoms with Crippen LogP contribution < -0.4 is 15.8 Å². The highest BCUT2D eigenvalue weighted by Crippen LogP contribution is 2.35. The second kappa shape index (κ2) is 5.94. The molecule has 0 amide bonds. The summed E-state index contributed by atoms with van der Waals surface area (Å²) in [5.74, 6) is 0.792. The molecule has 0 aliphatic carbocycles. The smallest absolute Gasteiger partial charge is 0.187 e. The molecule has 2 heterocycles. The van der Waals surface area contributed by atoms with E-state index >= 15 is 0 Å². The first-order valence-corrected chi connectivity index (χ1v) is 8.37. The van der Waals surface area contributed by atoms with Crippen LogP contribution in [-0.2, 0) is 0 Å². The Labute approximate surface area is 136 Å². The van der Waals surface area contributed by atoms with Gasteiger partial charge in [-0.05, 0) is 31.5 Å². The number of aryl methyl sites for hydroxylation is 2. The highest BCUT2D eigenvalue weighted by atomic mass is 32.1. The maximum absolute atomic E-state index is 5.75. The van der Waals surface area contributed by atoms with Gasteiger partial charge in [-0.1, -0.05) is 17.4 Å². The molecule has 0 bridgehead atoms. The van der Waals surface area contributed by atoms with Gasteiger partial charge in [-0.2, -0.15) is 0 Å². The topological polar surface area (TPSA) is 73.1 Å². The summed E-state index contributed by atoms with van der Waals surface area (Å²) in [6.45, 7) is 3.99. The van der Waals surface area contributed by atoms with Crippen LogP contribution in [0.2, 0.25) is 0 Å². The maximum Gasteiger partial charge on any atom is 0.187 e. The number of hydrogen-bond donors (Lipinski definition) is 2. The second-order valence-corrected chi connectivity index (χ2v) is 6.72. The summed E-state index contributed by atoms with van der Waals surface area (Å²) in [5.41, 5.74) is 9.62. The molecule has 3 N–H and O–H groups in total. The van der Waals surface area contributed by atoms with Crippen molar-refractivity contribution in [2.24, 2.45) is 0 Å². The third-order valence-electron chi connectivity index (χ3n) is 3.15. The Morgan fingerprint density at radius 2 is 2.05 bits per heavy atom. The highest BCUT2D eigenvalue weighted by molar-refractivity contribution is 7.19. The van der Waals surface area contributed by atoms with Crippen molar-refractivity contribution in [3.8, 4) is 16.3 Å². The predicted molar refractivity (Wildman–Crippen MR) is 93.4 cm³/mol. The molecule has 0 radical (unpaired) electrons. The molecule has 3 aromatic rings. The van der Waals surface area contributed by atoms with Crippen molar-refractivity contribution in [1.29, 1.82) is 0 Å². The van der Waals surface area contributed by atoms with Crippen LogP contribution in [0.15, 0.2) is 23.6 Å². The molecule has 7 heteroatoms. The lowest BCUT2D eigenvalue weighted by molar-refractivity contribution is 0.416. The molecular formula is C15H16N4OS2. The van der Waals surface area contributed by atoms with Crippen LogP contribution in [0.25, 0.3) is 10.6 Å². The standard InChI is InChI=1S/C15H16N4OS2/c1-8-4-5-12(20-3)10(6-8)18-15-19-11(7-21-15)13-9(2)17-14(16)22-13/h4-7H,1-3H3,(H2,16,17)(H,18,19). The fraction of sp³-hybridized carbons (Fsp3) is 0.200. The van der Waals surface area contributed by atoms with Gasteiger partial charge in [0.2, 0.25) is 0 Å². The predicted octanol–water partition coefficient (Wildman–Crippen LogP) is 4.22. The molecule has 0 unspecified atom stereocenters. The zero-order valence-electron chi connectivity index (χ0n) is 12.5. The van der Waals surface area contributed by atoms with Gasteiger partial charge >= 0.3 is 0 Å². The van der Waals surface area contributed by atoms with Crippen LogP contribution >= 0.6 is 22.7 Å². The molecule has 0 saturated carbocycles. The summed E-state index contributed by atoms with van der Waals surface area (Å²) >= 11 is 3.00. The molecule has 0 atom stereocenters. The molecule has 0 aliphatic rings. The molecule has 0 saturated heterocycles. The fourth-order valence-corrected chi connectivity index (χ4v) is 3.71. The van der Waals surface area contributed by atoms with Crippen LogP contribution in [0.1, 0.15) is 11.3 Å². The van der Waals surface area contributed by atoms with E-state index in [0.717, 1.165) is 38.4 Å². The summed E-state index contributed by atoms with van der Waals surface area (Å²) in [6, 6.07) is 6.00. The minimum atomic E-state index is 0.565. The summed E-state index contributed by atoms with van der Waals surface area (Å²) in [6.07, 6.45) is 0. The van der Waals surface area contributed by atoms with E-state index in [1.54, 1.807) is 18.4 Å². The average Bonchev–Trinajstić information content (AvgIpc) is 3.05. The van der Waals surface area contributed by atoms with Crippen molar-refractivity contribution in [2.75, 3.05) is 18.2 Å². The number of nitrogens with two attached hydrogens (primary N) is 1. The first-order chi connectivity index (χ1) is 10.6. The number of nitrogen functional groups attached to an aromatic ring is 1. The SMILES string of the molecule is COc1ccc(C)cc1Nc1nc(-c2sc(N)nc2C)cs1. The zero-order chi connectivity index (χ0) is 15.7. The number of methoxy groups -OCH3 is 1. The molecule has 3 rings (SSSR count). The maximum atomic E-state index is 5.75. The van der Waals surface area contributed by atoms with Crippen molar-refractivity contribution in [1.82, 2.24) is 9.97 Å². The highest BCUT2D eigenvalue weighted by Gasteiger charge is 2.13. The molecule has 22 heavy (non-hydrogen) atoms. The first-order valence-electron chi connectivity index (χ1n) is 6.67. The molecular weight excluding hydrogens is 316 g/mol. The number of aromatic nitrogens is 2. The molecule has 2 aromatic heterocycles. The van der Waals surface area contributed by atoms with E-state index in [4.69, 9.17) is 10.5 Å². The van der Waals surface area contributed by atoms with E-state index in [0.29, 0.717) is 5.13 Å². The second-order valence-electron chi connectivity index (χ2n) is 4.83. The largest absolute Gasteiger partial charge is 0.495 e. The number of nitrogens with zero attached hydrogens (tertiary/aromatic N) is 2. The number of nitrogens with one attached hydrogen (secondary N) is 1. The Balaban J connectivity index is 1.89. The van der Waals surface area contributed by atoms with Crippen molar-refractivity contribution in [3.63, 3.8) is 0 Å². The van der Waals surface area contributed by atoms with Crippen molar-refractivity contribution >= 4 is 38.6 Å². The average molecular weight is 332 g/mol. The van der Waals surface area contributed by atoms with Crippen LogP contribution in [0.3, 0.4) is 0 Å². The van der Waals surface area contributed by atoms with Gasteiger partial charge in [-0.3, -0.25) is 0 Å². The van der Waals surface area contributed by atoms with Gasteiger partial charge in [0.15, 0.2) is 10.3 Å². The van der Waals surface area contributed by atoms with Gasteiger partial charge in [0.05, 0.1) is 29.1 Å². The van der Waals surface area contributed by atoms with E-state index in [-0.39, 0.29) is 0 Å². The van der Waals surface area contributed by atoms with Gasteiger partial charge in [-0.15, -0.1) is 11.3 Å². The van der Waals surface area contributed by atoms with Gasteiger partial charge in [-0.25, -0.2) is 9.97 Å². The van der Waals surface area contributed by atoms with Gasteiger partial charge < -0.3 is 15.8 Å². The number of benzene rings is 1. The molecule has 5 nitrogen and oxygen atoms in total. The minimum Gasteiger partial charge on any atom is -0.495 e. The third-order valence-corrected chi connectivity index (χ3v) is 4.91. The van der Waals surface area contributed by atoms with Crippen LogP contribution in [0.5, 0.6) is 5.75 Å². The van der Waals surface area contributed by atoms with Gasteiger partial charge in [0, 0.05) is 5.38 Å². The third kappa shape index (κ3) is 2.90. The Hall–Kier alpha value is -2.12. The summed E-state index contributed by atoms with van der Waals surface area (Å²) < 4.78 is 5.38. The van der Waals surface area contributed by atoms with Crippen molar-refractivity contribution in [2.45, 2.75) is 13.8 Å². The normalized spacial score (nSPS) is 10.7. The van der Waals surface area contributed by atoms with Crippen LogP contribution in [-0.4, -0.2) is 17.1 Å². The van der Waals surface area contributed by atoms with E-state index in [9.17, 15) is 0 Å². The summed E-state index contributed by atoms with van der Waals surface area (Å²) in [7, 11) is 1.66. The first kappa shape index (κ1) is 14.8. The molecule has 0 spiro atoms. The monoisotopic (exact) mass is 332 g/mol. The minimum absolute atomic E-state index is 0.565. The van der Waals surface area contributed by atoms with Gasteiger partial charge in [0.1, 0.15) is 5.75 Å². The van der Waals surface area contributed by atoms with Gasteiger partial charge in [0.25, 0.3) is 0 Å². The number of anilines is 3. The Morgan fingerprint density at radius 1 is 1.23 bits per heavy atom. The number of thiazole rings is 2. The van der Waals surface area contributed by atoms with E-state index in [1.165, 1.54) is 11.3 Å². The lowest BCUT2D eigenvalue weighted by Crippen LogP contribution is -1.94. The van der Waals surface area contributed by atoms with E-state index in [1.807, 2.05) is 37.4 Å². The van der Waals surface area contributed by atoms with Crippen molar-refractivity contribution < 1.29 is 4.74 Å². The lowest BCUT2D eigenvalue weighted by Gasteiger charge is -2.09. The van der Waals surface area contributed by atoms with E-state index in [2.05, 4.69) is 15.3 Å². The quantitative estimate of drug-likeness (QED) is 0.748. The Bertz CT molecular complexity index is 810. The van der Waals surface area contributed by atoms with Crippen molar-refractivity contribution in [3.05, 3.63) is 34.8 Å².